The van der Waals surface area contributed by atoms with E-state index in [9.17, 15) is 0 Å². The molecule has 0 aliphatic carbocycles. The average molecular weight is 446 g/mol. The predicted octanol–water partition coefficient (Wildman–Crippen LogP) is 5.72. The number of halogens is 1. The fourth-order valence-corrected chi connectivity index (χ4v) is 4.73. The van der Waals surface area contributed by atoms with Gasteiger partial charge in [-0.1, -0.05) is 17.7 Å². The lowest BCUT2D eigenvalue weighted by Gasteiger charge is -2.35. The molecule has 1 saturated heterocycles. The zero-order valence-electron chi connectivity index (χ0n) is 16.5. The fourth-order valence-electron chi connectivity index (χ4n) is 3.24. The molecule has 4 rings (SSSR count). The van der Waals surface area contributed by atoms with Crippen molar-refractivity contribution < 1.29 is 0 Å². The van der Waals surface area contributed by atoms with Crippen LogP contribution in [0.4, 0.5) is 22.9 Å². The number of piperazine rings is 1. The zero-order chi connectivity index (χ0) is 20.2. The van der Waals surface area contributed by atoms with Crippen LogP contribution in [-0.4, -0.2) is 43.1 Å². The molecule has 1 aliphatic heterocycles. The second-order valence-electron chi connectivity index (χ2n) is 7.16. The third-order valence-electron chi connectivity index (χ3n) is 4.91. The van der Waals surface area contributed by atoms with Gasteiger partial charge < -0.3 is 19.8 Å². The number of rotatable bonds is 6. The molecule has 3 aromatic rings. The van der Waals surface area contributed by atoms with Crippen LogP contribution in [-0.2, 0) is 0 Å². The largest absolute Gasteiger partial charge is 0.367 e. The first-order valence-corrected chi connectivity index (χ1v) is 11.6. The molecule has 1 aliphatic rings. The summed E-state index contributed by atoms with van der Waals surface area (Å²) in [5.74, 6) is 0.856. The van der Waals surface area contributed by atoms with Crippen molar-refractivity contribution in [3.8, 4) is 0 Å². The maximum absolute atomic E-state index is 6.59. The van der Waals surface area contributed by atoms with Gasteiger partial charge in [0.15, 0.2) is 0 Å². The molecule has 0 spiro atoms. The first-order valence-electron chi connectivity index (χ1n) is 9.50. The minimum Gasteiger partial charge on any atom is -0.367 e. The van der Waals surface area contributed by atoms with E-state index >= 15 is 0 Å². The minimum atomic E-state index is 0.694. The number of likely N-dealkylation sites (N-methyl/N-ethyl adjacent to an activating group) is 1. The van der Waals surface area contributed by atoms with E-state index in [0.29, 0.717) is 5.02 Å². The van der Waals surface area contributed by atoms with Crippen LogP contribution in [0.5, 0.6) is 0 Å². The molecular weight excluding hydrogens is 422 g/mol. The van der Waals surface area contributed by atoms with Gasteiger partial charge in [-0.25, -0.2) is 4.98 Å². The molecule has 0 unspecified atom stereocenters. The third kappa shape index (κ3) is 5.17. The van der Waals surface area contributed by atoms with Crippen LogP contribution >= 0.6 is 34.9 Å². The van der Waals surface area contributed by atoms with Crippen molar-refractivity contribution in [2.75, 3.05) is 48.2 Å². The molecule has 0 amide bonds. The van der Waals surface area contributed by atoms with E-state index in [1.54, 1.807) is 11.3 Å². The Morgan fingerprint density at radius 1 is 1.07 bits per heavy atom. The van der Waals surface area contributed by atoms with E-state index in [1.165, 1.54) is 23.2 Å². The van der Waals surface area contributed by atoms with Crippen LogP contribution in [0.15, 0.2) is 52.2 Å². The Balaban J connectivity index is 1.50. The topological polar surface area (TPSA) is 43.4 Å². The second kappa shape index (κ2) is 9.26. The molecule has 0 atom stereocenters. The maximum atomic E-state index is 6.59. The van der Waals surface area contributed by atoms with E-state index in [2.05, 4.69) is 63.1 Å². The number of hydrogen-bond donors (Lipinski definition) is 2. The summed E-state index contributed by atoms with van der Waals surface area (Å²) < 4.78 is 3.23. The number of hydrogen-bond acceptors (Lipinski definition) is 7. The summed E-state index contributed by atoms with van der Waals surface area (Å²) in [6.07, 6.45) is 0. The number of nitrogens with one attached hydrogen (secondary N) is 2. The van der Waals surface area contributed by atoms with Crippen molar-refractivity contribution >= 4 is 57.8 Å². The van der Waals surface area contributed by atoms with Crippen molar-refractivity contribution in [3.05, 3.63) is 57.9 Å². The number of anilines is 4. The monoisotopic (exact) mass is 445 g/mol. The molecule has 2 heterocycles. The molecule has 2 aromatic carbocycles. The summed E-state index contributed by atoms with van der Waals surface area (Å²) in [5.41, 5.74) is 6.29. The van der Waals surface area contributed by atoms with Gasteiger partial charge in [0, 0.05) is 36.5 Å². The predicted molar refractivity (Wildman–Crippen MR) is 127 cm³/mol. The van der Waals surface area contributed by atoms with Gasteiger partial charge in [-0.2, -0.15) is 0 Å². The van der Waals surface area contributed by atoms with Crippen molar-refractivity contribution in [1.82, 2.24) is 9.88 Å². The number of aryl methyl sites for hydroxylation is 1. The highest BCUT2D eigenvalue weighted by atomic mass is 35.5. The summed E-state index contributed by atoms with van der Waals surface area (Å²) in [6.45, 7) is 6.34. The molecule has 152 valence electrons. The molecule has 2 N–H and O–H groups in total. The normalized spacial score (nSPS) is 14.8. The SMILES string of the molecule is Cc1ccc(Nc2ccc(SNc3cscn3)cc2Cl)c(N2CCN(C)CC2)c1. The fraction of sp³-hybridized carbons (Fsp3) is 0.286. The average Bonchev–Trinajstić information content (AvgIpc) is 3.24. The van der Waals surface area contributed by atoms with Gasteiger partial charge in [0.25, 0.3) is 0 Å². The quantitative estimate of drug-likeness (QED) is 0.473. The Morgan fingerprint density at radius 2 is 1.86 bits per heavy atom. The molecule has 29 heavy (non-hydrogen) atoms. The van der Waals surface area contributed by atoms with E-state index in [-0.39, 0.29) is 0 Å². The van der Waals surface area contributed by atoms with Gasteiger partial charge in [0.1, 0.15) is 5.82 Å². The van der Waals surface area contributed by atoms with Crippen molar-refractivity contribution in [1.29, 1.82) is 0 Å². The Bertz CT molecular complexity index is 956. The molecule has 0 radical (unpaired) electrons. The Hall–Kier alpha value is -1.93. The van der Waals surface area contributed by atoms with E-state index in [0.717, 1.165) is 48.3 Å². The van der Waals surface area contributed by atoms with Crippen LogP contribution in [0.3, 0.4) is 0 Å². The Kier molecular flexibility index (Phi) is 6.50. The first kappa shape index (κ1) is 20.3. The van der Waals surface area contributed by atoms with Crippen molar-refractivity contribution in [3.63, 3.8) is 0 Å². The standard InChI is InChI=1S/C21H24ClN5S2/c1-15-3-5-19(20(11-15)27-9-7-26(2)8-10-27)24-18-6-4-16(12-17(18)22)29-25-21-13-28-14-23-21/h3-6,11-14,24-25H,7-10H2,1-2H3. The maximum Gasteiger partial charge on any atom is 0.147 e. The summed E-state index contributed by atoms with van der Waals surface area (Å²) in [4.78, 5) is 10.1. The lowest BCUT2D eigenvalue weighted by molar-refractivity contribution is 0.313. The van der Waals surface area contributed by atoms with Gasteiger partial charge in [-0.15, -0.1) is 11.3 Å². The van der Waals surface area contributed by atoms with Gasteiger partial charge in [-0.3, -0.25) is 0 Å². The van der Waals surface area contributed by atoms with E-state index in [4.69, 9.17) is 11.6 Å². The third-order valence-corrected chi connectivity index (χ3v) is 6.61. The van der Waals surface area contributed by atoms with Crippen LogP contribution < -0.4 is 14.9 Å². The molecule has 0 saturated carbocycles. The highest BCUT2D eigenvalue weighted by Crippen LogP contribution is 2.35. The summed E-state index contributed by atoms with van der Waals surface area (Å²) >= 11 is 9.66. The van der Waals surface area contributed by atoms with Gasteiger partial charge >= 0.3 is 0 Å². The van der Waals surface area contributed by atoms with E-state index < -0.39 is 0 Å². The van der Waals surface area contributed by atoms with Crippen molar-refractivity contribution in [2.24, 2.45) is 0 Å². The lowest BCUT2D eigenvalue weighted by atomic mass is 10.1. The van der Waals surface area contributed by atoms with Gasteiger partial charge in [0.05, 0.1) is 27.6 Å². The number of thiazole rings is 1. The van der Waals surface area contributed by atoms with Gasteiger partial charge in [-0.05, 0) is 61.8 Å². The molecule has 0 bridgehead atoms. The Labute approximate surface area is 185 Å². The molecule has 1 aromatic heterocycles. The highest BCUT2D eigenvalue weighted by molar-refractivity contribution is 8.00. The smallest absolute Gasteiger partial charge is 0.147 e. The van der Waals surface area contributed by atoms with Crippen LogP contribution in [0.1, 0.15) is 5.56 Å². The summed E-state index contributed by atoms with van der Waals surface area (Å²) in [6, 6.07) is 12.6. The Morgan fingerprint density at radius 3 is 2.59 bits per heavy atom. The van der Waals surface area contributed by atoms with Crippen molar-refractivity contribution in [2.45, 2.75) is 11.8 Å². The second-order valence-corrected chi connectivity index (χ2v) is 9.16. The highest BCUT2D eigenvalue weighted by Gasteiger charge is 2.18. The van der Waals surface area contributed by atoms with Crippen LogP contribution in [0, 0.1) is 6.92 Å². The number of benzene rings is 2. The lowest BCUT2D eigenvalue weighted by Crippen LogP contribution is -2.44. The summed E-state index contributed by atoms with van der Waals surface area (Å²) in [7, 11) is 2.18. The number of aromatic nitrogens is 1. The molecule has 5 nitrogen and oxygen atoms in total. The first-order chi connectivity index (χ1) is 14.1. The molecule has 1 fully saturated rings. The molecule has 8 heteroatoms. The molecular formula is C21H24ClN5S2. The minimum absolute atomic E-state index is 0.694. The van der Waals surface area contributed by atoms with Crippen LogP contribution in [0.25, 0.3) is 0 Å². The van der Waals surface area contributed by atoms with E-state index in [1.807, 2.05) is 23.0 Å². The number of nitrogens with zero attached hydrogens (tertiary/aromatic N) is 3. The zero-order valence-corrected chi connectivity index (χ0v) is 18.9. The van der Waals surface area contributed by atoms with Gasteiger partial charge in [0.2, 0.25) is 0 Å². The van der Waals surface area contributed by atoms with Crippen LogP contribution in [0.2, 0.25) is 5.02 Å². The summed E-state index contributed by atoms with van der Waals surface area (Å²) in [5, 5.41) is 6.21.